The number of fused-ring (bicyclic) bond motifs is 2. The van der Waals surface area contributed by atoms with Gasteiger partial charge in [-0.15, -0.1) is 10.2 Å². The van der Waals surface area contributed by atoms with Gasteiger partial charge >= 0.3 is 0 Å². The van der Waals surface area contributed by atoms with Gasteiger partial charge in [0.15, 0.2) is 12.4 Å². The van der Waals surface area contributed by atoms with Crippen LogP contribution in [0, 0.1) is 20.7 Å². The van der Waals surface area contributed by atoms with Crippen LogP contribution in [0.3, 0.4) is 0 Å². The molecule has 3 aromatic rings. The Bertz CT molecular complexity index is 783. The summed E-state index contributed by atoms with van der Waals surface area (Å²) in [5.74, 6) is 0. The third-order valence-corrected chi connectivity index (χ3v) is 3.64. The van der Waals surface area contributed by atoms with E-state index in [2.05, 4.69) is 82.7 Å². The molecule has 0 N–H and O–H groups in total. The Morgan fingerprint density at radius 2 is 1.71 bits per heavy atom. The van der Waals surface area contributed by atoms with Crippen molar-refractivity contribution in [3.63, 3.8) is 0 Å². The largest absolute Gasteiger partial charge is 0.222 e. The molecular weight excluding hydrogens is 409 g/mol. The standard InChI is InChI=1S/C14H11IN.ClHO4/c1-10-13-8-12(15)6-5-11(13)9-16-7-3-2-4-14(10)16;2-1(3,4)5/h2-9H,1H3;(H,2,3,4,5)/q+1;/p-1. The average molecular weight is 420 g/mol. The Labute approximate surface area is 137 Å². The molecule has 7 heteroatoms. The van der Waals surface area contributed by atoms with E-state index in [9.17, 15) is 0 Å². The van der Waals surface area contributed by atoms with Gasteiger partial charge in [0.25, 0.3) is 0 Å². The van der Waals surface area contributed by atoms with Gasteiger partial charge in [-0.3, -0.25) is 0 Å². The zero-order valence-corrected chi connectivity index (χ0v) is 13.9. The van der Waals surface area contributed by atoms with Gasteiger partial charge in [0.05, 0.1) is 0 Å². The molecule has 2 aromatic heterocycles. The number of nitrogens with zero attached hydrogens (tertiary/aromatic N) is 1. The maximum atomic E-state index is 8.49. The predicted molar refractivity (Wildman–Crippen MR) is 74.6 cm³/mol. The lowest BCUT2D eigenvalue weighted by molar-refractivity contribution is -2.00. The summed E-state index contributed by atoms with van der Waals surface area (Å²) in [5, 5.41) is 2.64. The molecule has 3 rings (SSSR count). The van der Waals surface area contributed by atoms with Gasteiger partial charge in [0.1, 0.15) is 0 Å². The van der Waals surface area contributed by atoms with Crippen LogP contribution in [0.1, 0.15) is 5.56 Å². The number of pyridine rings is 2. The van der Waals surface area contributed by atoms with Crippen molar-refractivity contribution in [2.45, 2.75) is 6.92 Å². The van der Waals surface area contributed by atoms with E-state index >= 15 is 0 Å². The van der Waals surface area contributed by atoms with Crippen LogP contribution in [0.15, 0.2) is 48.8 Å². The summed E-state index contributed by atoms with van der Waals surface area (Å²) in [6.07, 6.45) is 4.29. The van der Waals surface area contributed by atoms with Crippen LogP contribution in [0.4, 0.5) is 0 Å². The lowest BCUT2D eigenvalue weighted by Crippen LogP contribution is -2.68. The van der Waals surface area contributed by atoms with E-state index in [1.807, 2.05) is 0 Å². The molecule has 0 saturated carbocycles. The number of rotatable bonds is 0. The minimum Gasteiger partial charge on any atom is -0.222 e. The Hall–Kier alpha value is -1.03. The summed E-state index contributed by atoms with van der Waals surface area (Å²) in [4.78, 5) is 0. The second-order valence-corrected chi connectivity index (χ2v) is 6.36. The molecule has 0 atom stereocenters. The van der Waals surface area contributed by atoms with E-state index < -0.39 is 10.2 Å². The van der Waals surface area contributed by atoms with Gasteiger partial charge in [0.2, 0.25) is 5.52 Å². The van der Waals surface area contributed by atoms with Gasteiger partial charge in [0, 0.05) is 26.7 Å². The quantitative estimate of drug-likeness (QED) is 0.258. The second-order valence-electron chi connectivity index (χ2n) is 4.36. The molecule has 2 heterocycles. The average Bonchev–Trinajstić information content (AvgIpc) is 2.38. The summed E-state index contributed by atoms with van der Waals surface area (Å²) in [6, 6.07) is 12.9. The predicted octanol–water partition coefficient (Wildman–Crippen LogP) is -1.26. The van der Waals surface area contributed by atoms with Crippen molar-refractivity contribution in [3.8, 4) is 0 Å². The fourth-order valence-corrected chi connectivity index (χ4v) is 2.63. The van der Waals surface area contributed by atoms with Crippen LogP contribution in [0.2, 0.25) is 0 Å². The van der Waals surface area contributed by atoms with Crippen molar-refractivity contribution >= 4 is 38.9 Å². The van der Waals surface area contributed by atoms with Gasteiger partial charge in [-0.05, 0) is 59.2 Å². The zero-order chi connectivity index (χ0) is 15.6. The lowest BCUT2D eigenvalue weighted by atomic mass is 10.1. The maximum absolute atomic E-state index is 8.49. The number of hydrogen-bond donors (Lipinski definition) is 0. The monoisotopic (exact) mass is 419 g/mol. The van der Waals surface area contributed by atoms with Crippen molar-refractivity contribution in [1.29, 1.82) is 0 Å². The fraction of sp³-hybridized carbons (Fsp3) is 0.0714. The number of halogens is 2. The molecule has 0 aliphatic heterocycles. The van der Waals surface area contributed by atoms with Gasteiger partial charge in [-0.25, -0.2) is 18.6 Å². The number of aromatic nitrogens is 1. The highest BCUT2D eigenvalue weighted by molar-refractivity contribution is 14.1. The molecule has 0 aliphatic rings. The maximum Gasteiger partial charge on any atom is 0.214 e. The minimum atomic E-state index is -4.94. The Balaban J connectivity index is 0.000000282. The zero-order valence-electron chi connectivity index (χ0n) is 11.0. The van der Waals surface area contributed by atoms with Crippen molar-refractivity contribution in [2.24, 2.45) is 0 Å². The van der Waals surface area contributed by atoms with Crippen molar-refractivity contribution in [3.05, 3.63) is 57.9 Å². The van der Waals surface area contributed by atoms with Crippen LogP contribution in [-0.2, 0) is 0 Å². The third-order valence-electron chi connectivity index (χ3n) is 2.97. The molecule has 0 spiro atoms. The van der Waals surface area contributed by atoms with Crippen LogP contribution >= 0.6 is 22.6 Å². The number of hydrogen-bond acceptors (Lipinski definition) is 4. The molecule has 5 nitrogen and oxygen atoms in total. The topological polar surface area (TPSA) is 96.3 Å². The van der Waals surface area contributed by atoms with Crippen molar-refractivity contribution < 1.29 is 33.3 Å². The van der Waals surface area contributed by atoms with Crippen LogP contribution in [-0.4, -0.2) is 0 Å². The Morgan fingerprint density at radius 1 is 1.05 bits per heavy atom. The third kappa shape index (κ3) is 4.47. The second kappa shape index (κ2) is 6.39. The van der Waals surface area contributed by atoms with Crippen molar-refractivity contribution in [1.82, 2.24) is 0 Å². The summed E-state index contributed by atoms with van der Waals surface area (Å²) in [6.45, 7) is 2.19. The first-order valence-corrected chi connectivity index (χ1v) is 8.17. The summed E-state index contributed by atoms with van der Waals surface area (Å²) in [5.41, 5.74) is 2.62. The number of benzene rings is 1. The first kappa shape index (κ1) is 16.3. The van der Waals surface area contributed by atoms with E-state index in [1.165, 1.54) is 25.4 Å². The van der Waals surface area contributed by atoms with E-state index in [1.54, 1.807) is 0 Å². The molecule has 0 amide bonds. The molecule has 0 bridgehead atoms. The van der Waals surface area contributed by atoms with Crippen LogP contribution in [0.25, 0.3) is 16.3 Å². The fourth-order valence-electron chi connectivity index (χ4n) is 2.14. The molecule has 1 aromatic carbocycles. The van der Waals surface area contributed by atoms with E-state index in [0.717, 1.165) is 0 Å². The Kier molecular flexibility index (Phi) is 4.97. The normalized spacial score (nSPS) is 11.3. The first-order valence-electron chi connectivity index (χ1n) is 5.86. The van der Waals surface area contributed by atoms with Crippen LogP contribution in [0.5, 0.6) is 0 Å². The van der Waals surface area contributed by atoms with Gasteiger partial charge < -0.3 is 0 Å². The summed E-state index contributed by atoms with van der Waals surface area (Å²) < 4.78 is 37.4. The van der Waals surface area contributed by atoms with E-state index in [0.29, 0.717) is 0 Å². The van der Waals surface area contributed by atoms with E-state index in [-0.39, 0.29) is 0 Å². The highest BCUT2D eigenvalue weighted by atomic mass is 127. The molecule has 0 radical (unpaired) electrons. The van der Waals surface area contributed by atoms with Crippen LogP contribution < -0.4 is 23.0 Å². The molecule has 0 fully saturated rings. The SMILES string of the molecule is Cc1c2cc(I)ccc2c[n+]2ccccc12.[O-][Cl+3]([O-])([O-])[O-]. The molecule has 0 saturated heterocycles. The van der Waals surface area contributed by atoms with E-state index in [4.69, 9.17) is 18.6 Å². The minimum absolute atomic E-state index is 1.28. The molecule has 0 unspecified atom stereocenters. The first-order chi connectivity index (χ1) is 9.75. The summed E-state index contributed by atoms with van der Waals surface area (Å²) >= 11 is 2.36. The molecule has 21 heavy (non-hydrogen) atoms. The molecule has 0 aliphatic carbocycles. The molecular formula is C14H11ClINO4. The van der Waals surface area contributed by atoms with Gasteiger partial charge in [-0.1, -0.05) is 0 Å². The lowest BCUT2D eigenvalue weighted by Gasteiger charge is -2.17. The highest BCUT2D eigenvalue weighted by Gasteiger charge is 2.09. The number of aryl methyl sites for hydroxylation is 1. The molecule has 110 valence electrons. The summed E-state index contributed by atoms with van der Waals surface area (Å²) in [7, 11) is -4.94. The Morgan fingerprint density at radius 3 is 2.38 bits per heavy atom. The van der Waals surface area contributed by atoms with Crippen molar-refractivity contribution in [2.75, 3.05) is 0 Å². The van der Waals surface area contributed by atoms with Gasteiger partial charge in [-0.2, -0.15) is 4.40 Å². The highest BCUT2D eigenvalue weighted by Crippen LogP contribution is 2.21. The smallest absolute Gasteiger partial charge is 0.214 e.